The topological polar surface area (TPSA) is 19.9 Å². The van der Waals surface area contributed by atoms with Crippen LogP contribution in [-0.4, -0.2) is 3.79 Å². The molecule has 0 aliphatic rings. The van der Waals surface area contributed by atoms with Gasteiger partial charge in [0.05, 0.1) is 0 Å². The van der Waals surface area contributed by atoms with E-state index < -0.39 is 14.2 Å². The van der Waals surface area contributed by atoms with Crippen LogP contribution in [0.3, 0.4) is 0 Å². The maximum atomic E-state index is 11.8. The second-order valence-electron chi connectivity index (χ2n) is 3.56. The van der Waals surface area contributed by atoms with E-state index >= 15 is 0 Å². The maximum absolute atomic E-state index is 11.8. The van der Waals surface area contributed by atoms with E-state index in [-0.39, 0.29) is 0 Å². The first-order valence-electron chi connectivity index (χ1n) is 4.91. The number of hydrogen-bond acceptors (Lipinski definition) is 0. The molecule has 1 nitrogen and oxygen atoms in total. The summed E-state index contributed by atoms with van der Waals surface area (Å²) < 4.78 is -3.67. The smallest absolute Gasteiger partial charge is 0.227 e. The molecule has 1 radical (unpaired) electrons. The Morgan fingerprint density at radius 2 is 1.65 bits per heavy atom. The molecule has 0 spiro atoms. The molecule has 0 aliphatic carbocycles. The predicted octanol–water partition coefficient (Wildman–Crippen LogP) is 5.57. The van der Waals surface area contributed by atoms with Crippen LogP contribution < -0.4 is 0 Å². The van der Waals surface area contributed by atoms with Crippen molar-refractivity contribution >= 4 is 58.0 Å². The zero-order valence-corrected chi connectivity index (χ0v) is 12.7. The van der Waals surface area contributed by atoms with E-state index in [1.54, 1.807) is 31.2 Å². The van der Waals surface area contributed by atoms with Gasteiger partial charge in [-0.3, -0.25) is 0 Å². The first-order chi connectivity index (χ1) is 7.71. The molecule has 0 heterocycles. The van der Waals surface area contributed by atoms with Crippen molar-refractivity contribution < 1.29 is 5.11 Å². The Kier molecular flexibility index (Phi) is 5.29. The van der Waals surface area contributed by atoms with Gasteiger partial charge in [-0.1, -0.05) is 89.2 Å². The van der Waals surface area contributed by atoms with Crippen LogP contribution in [0.1, 0.15) is 30.6 Å². The lowest BCUT2D eigenvalue weighted by atomic mass is 9.98. The summed E-state index contributed by atoms with van der Waals surface area (Å²) in [7, 11) is 0. The van der Waals surface area contributed by atoms with Crippen LogP contribution in [0.4, 0.5) is 0 Å². The van der Waals surface area contributed by atoms with Gasteiger partial charge in [-0.2, -0.15) is 0 Å². The van der Waals surface area contributed by atoms with E-state index in [1.165, 1.54) is 0 Å². The molecule has 0 saturated heterocycles. The van der Waals surface area contributed by atoms with Gasteiger partial charge in [-0.25, -0.2) is 5.11 Å². The Morgan fingerprint density at radius 3 is 2.12 bits per heavy atom. The van der Waals surface area contributed by atoms with E-state index in [0.717, 1.165) is 0 Å². The predicted molar refractivity (Wildman–Crippen MR) is 73.8 cm³/mol. The number of rotatable bonds is 3. The molecule has 1 unspecified atom stereocenters. The van der Waals surface area contributed by atoms with Gasteiger partial charge < -0.3 is 0 Å². The molecule has 1 aromatic rings. The molecule has 0 amide bonds. The minimum absolute atomic E-state index is 0.338. The van der Waals surface area contributed by atoms with Gasteiger partial charge in [0.25, 0.3) is 0 Å². The zero-order chi connectivity index (χ0) is 13.3. The first-order valence-corrected chi connectivity index (χ1v) is 6.80. The monoisotopic (exact) mass is 333 g/mol. The molecular formula is C11H10Cl5O. The second kappa shape index (κ2) is 5.73. The number of hydrogen-bond donors (Lipinski definition) is 0. The fourth-order valence-electron chi connectivity index (χ4n) is 1.44. The largest absolute Gasteiger partial charge is 0.228 e. The molecule has 6 heteroatoms. The van der Waals surface area contributed by atoms with E-state index in [2.05, 4.69) is 0 Å². The molecule has 0 bridgehead atoms. The molecule has 0 aliphatic heterocycles. The third kappa shape index (κ3) is 3.34. The second-order valence-corrected chi connectivity index (χ2v) is 7.16. The Bertz CT molecular complexity index is 386. The average Bonchev–Trinajstić information content (AvgIpc) is 2.26. The van der Waals surface area contributed by atoms with Gasteiger partial charge >= 0.3 is 0 Å². The summed E-state index contributed by atoms with van der Waals surface area (Å²) in [5, 5.41) is 11.8. The van der Waals surface area contributed by atoms with Gasteiger partial charge in [0.15, 0.2) is 4.33 Å². The molecule has 0 N–H and O–H groups in total. The van der Waals surface area contributed by atoms with Gasteiger partial charge in [-0.15, -0.1) is 0 Å². The summed E-state index contributed by atoms with van der Waals surface area (Å²) in [4.78, 5) is 0. The first kappa shape index (κ1) is 15.7. The number of halogens is 5. The molecule has 1 atom stereocenters. The van der Waals surface area contributed by atoms with Crippen molar-refractivity contribution in [3.8, 4) is 0 Å². The van der Waals surface area contributed by atoms with Crippen molar-refractivity contribution in [3.63, 3.8) is 0 Å². The molecule has 17 heavy (non-hydrogen) atoms. The van der Waals surface area contributed by atoms with Crippen LogP contribution in [0.15, 0.2) is 24.3 Å². The minimum Gasteiger partial charge on any atom is -0.228 e. The summed E-state index contributed by atoms with van der Waals surface area (Å²) in [6, 6.07) is 6.66. The van der Waals surface area contributed by atoms with E-state index in [1.807, 2.05) is 0 Å². The maximum Gasteiger partial charge on any atom is 0.227 e. The van der Waals surface area contributed by atoms with Crippen LogP contribution in [0, 0.1) is 0 Å². The highest BCUT2D eigenvalue weighted by Crippen LogP contribution is 2.54. The Hall–Kier alpha value is 0.630. The summed E-state index contributed by atoms with van der Waals surface area (Å²) in [6.07, 6.45) is -0.545. The van der Waals surface area contributed by atoms with Crippen molar-refractivity contribution in [1.29, 1.82) is 0 Å². The third-order valence-corrected chi connectivity index (χ3v) is 4.78. The van der Waals surface area contributed by atoms with Crippen LogP contribution in [-0.2, 0) is 9.44 Å². The standard InChI is InChI=1S/C11H10Cl5O/c1-2-9(17)7-5-3-4-6-8(7)10(12,13)11(14,15)16/h3-6,9H,2H2,1H3. The Balaban J connectivity index is 3.31. The van der Waals surface area contributed by atoms with Crippen molar-refractivity contribution in [2.24, 2.45) is 0 Å². The van der Waals surface area contributed by atoms with Crippen LogP contribution >= 0.6 is 58.0 Å². The van der Waals surface area contributed by atoms with Gasteiger partial charge in [-0.05, 0) is 17.5 Å². The lowest BCUT2D eigenvalue weighted by molar-refractivity contribution is 0.0847. The molecule has 0 saturated carbocycles. The number of alkyl halides is 5. The number of benzene rings is 1. The summed E-state index contributed by atoms with van der Waals surface area (Å²) in [5.41, 5.74) is 0.788. The summed E-state index contributed by atoms with van der Waals surface area (Å²) in [5.74, 6) is 0. The fraction of sp³-hybridized carbons (Fsp3) is 0.455. The highest BCUT2D eigenvalue weighted by atomic mass is 35.6. The van der Waals surface area contributed by atoms with Crippen molar-refractivity contribution in [3.05, 3.63) is 35.4 Å². The zero-order valence-electron chi connectivity index (χ0n) is 8.89. The van der Waals surface area contributed by atoms with E-state index in [9.17, 15) is 5.11 Å². The Morgan fingerprint density at radius 1 is 1.12 bits per heavy atom. The third-order valence-electron chi connectivity index (χ3n) is 2.37. The van der Waals surface area contributed by atoms with Crippen molar-refractivity contribution in [1.82, 2.24) is 0 Å². The SMILES string of the molecule is CCC([O])c1ccccc1C(Cl)(Cl)C(Cl)(Cl)Cl. The van der Waals surface area contributed by atoms with Crippen LogP contribution in [0.2, 0.25) is 0 Å². The molecule has 1 rings (SSSR count). The quantitative estimate of drug-likeness (QED) is 0.644. The van der Waals surface area contributed by atoms with E-state index in [0.29, 0.717) is 17.5 Å². The van der Waals surface area contributed by atoms with Crippen LogP contribution in [0.25, 0.3) is 0 Å². The highest BCUT2D eigenvalue weighted by Gasteiger charge is 2.48. The molecule has 1 aromatic carbocycles. The van der Waals surface area contributed by atoms with E-state index in [4.69, 9.17) is 58.0 Å². The Labute approximate surface area is 126 Å². The van der Waals surface area contributed by atoms with Crippen LogP contribution in [0.5, 0.6) is 0 Å². The molecule has 95 valence electrons. The molecular weight excluding hydrogens is 325 g/mol. The normalized spacial score (nSPS) is 14.8. The summed E-state index contributed by atoms with van der Waals surface area (Å²) in [6.45, 7) is 1.77. The summed E-state index contributed by atoms with van der Waals surface area (Å²) >= 11 is 29.4. The minimum atomic E-state index is -1.92. The molecule has 0 fully saturated rings. The van der Waals surface area contributed by atoms with Crippen molar-refractivity contribution in [2.45, 2.75) is 27.6 Å². The van der Waals surface area contributed by atoms with Gasteiger partial charge in [0.1, 0.15) is 6.10 Å². The lowest BCUT2D eigenvalue weighted by Gasteiger charge is -2.30. The average molecular weight is 335 g/mol. The van der Waals surface area contributed by atoms with Gasteiger partial charge in [0.2, 0.25) is 3.79 Å². The fourth-order valence-corrected chi connectivity index (χ4v) is 2.09. The molecule has 0 aromatic heterocycles. The van der Waals surface area contributed by atoms with Crippen molar-refractivity contribution in [2.75, 3.05) is 0 Å². The van der Waals surface area contributed by atoms with Gasteiger partial charge in [0, 0.05) is 0 Å². The lowest BCUT2D eigenvalue weighted by Crippen LogP contribution is -2.29. The highest BCUT2D eigenvalue weighted by molar-refractivity contribution is 6.75.